The summed E-state index contributed by atoms with van der Waals surface area (Å²) in [5.74, 6) is -1.78. The Morgan fingerprint density at radius 3 is 0.871 bits per heavy atom. The molecule has 6 amide bonds. The van der Waals surface area contributed by atoms with Crippen molar-refractivity contribution in [2.45, 2.75) is 182 Å². The predicted molar refractivity (Wildman–Crippen MR) is 477 cm³/mol. The van der Waals surface area contributed by atoms with Crippen molar-refractivity contribution < 1.29 is 66.7 Å². The standard InChI is InChI=1S/C102H100N8O14/c1-57(2)107(83-47-69(37-43-105-83)117-53-71-55-119-71)97(115)77(45-59-33-39-103-40-34-59)109-93(111)73-49-79(121-65-25-17-61(18-26-65)99(5,6)7)87-89-81(123-67-29-21-63(22-30-67)101(11,12)13)51-75-86-76(96(114)110(95(75)113)78(46-60-35-41-104-42-36-60)98(116)108(58(3)4)84-48-70(38-44-106-84)118-54-72-56-120-72)52-82(124-68-31-23-64(24-32-68)102(14,15)16)90(92(86)89)88-80(50-74(94(109)112)85(73)91(87)88)122-66-27-19-62(20-28-66)100(8,9)10/h17-44,47-52,57-58,71-72,77-78H,45-46,53-56H2,1-16H3. The summed E-state index contributed by atoms with van der Waals surface area (Å²) in [7, 11) is 0. The van der Waals surface area contributed by atoms with Crippen molar-refractivity contribution in [1.82, 2.24) is 29.7 Å². The van der Waals surface area contributed by atoms with Crippen LogP contribution in [0, 0.1) is 0 Å². The van der Waals surface area contributed by atoms with E-state index in [1.54, 1.807) is 110 Å². The lowest BCUT2D eigenvalue weighted by Crippen LogP contribution is -2.57. The topological polar surface area (TPSA) is 247 Å². The first-order valence-electron chi connectivity index (χ1n) is 42.2. The van der Waals surface area contributed by atoms with E-state index in [-0.39, 0.29) is 160 Å². The molecule has 0 N–H and O–H groups in total. The van der Waals surface area contributed by atoms with E-state index < -0.39 is 59.6 Å². The number of pyridine rings is 4. The number of nitrogens with zero attached hydrogens (tertiary/aromatic N) is 8. The van der Waals surface area contributed by atoms with Crippen molar-refractivity contribution in [3.63, 3.8) is 0 Å². The second-order valence-electron chi connectivity index (χ2n) is 37.1. The first kappa shape index (κ1) is 83.1. The van der Waals surface area contributed by atoms with Crippen molar-refractivity contribution >= 4 is 90.2 Å². The molecule has 13 aromatic rings. The van der Waals surface area contributed by atoms with Crippen LogP contribution in [-0.2, 0) is 53.6 Å². The molecule has 0 bridgehead atoms. The fraction of sp³-hybridized carbons (Fsp3) is 0.314. The molecule has 0 spiro atoms. The highest BCUT2D eigenvalue weighted by atomic mass is 16.6. The number of amides is 6. The van der Waals surface area contributed by atoms with Gasteiger partial charge in [-0.15, -0.1) is 0 Å². The maximum Gasteiger partial charge on any atom is 0.262 e. The minimum atomic E-state index is -1.57. The van der Waals surface area contributed by atoms with E-state index in [0.717, 1.165) is 32.1 Å². The van der Waals surface area contributed by atoms with Crippen LogP contribution in [0.1, 0.15) is 186 Å². The number of rotatable bonds is 26. The zero-order valence-electron chi connectivity index (χ0n) is 72.6. The van der Waals surface area contributed by atoms with Gasteiger partial charge in [-0.25, -0.2) is 9.97 Å². The van der Waals surface area contributed by atoms with Crippen molar-refractivity contribution in [2.75, 3.05) is 36.2 Å². The number of carbonyl (C=O) groups is 6. The van der Waals surface area contributed by atoms with E-state index in [0.29, 0.717) is 58.8 Å². The second kappa shape index (κ2) is 32.2. The number of benzene rings is 9. The molecule has 4 unspecified atom stereocenters. The lowest BCUT2D eigenvalue weighted by atomic mass is 9.80. The van der Waals surface area contributed by atoms with Crippen LogP contribution in [-0.4, -0.2) is 128 Å². The molecular weight excluding hydrogens is 1560 g/mol. The Hall–Kier alpha value is -13.2. The van der Waals surface area contributed by atoms with Crippen molar-refractivity contribution in [3.05, 3.63) is 263 Å². The van der Waals surface area contributed by atoms with E-state index in [4.69, 9.17) is 47.9 Å². The predicted octanol–water partition coefficient (Wildman–Crippen LogP) is 20.5. The normalized spacial score (nSPS) is 15.8. The largest absolute Gasteiger partial charge is 0.491 e. The molecule has 4 atom stereocenters. The summed E-state index contributed by atoms with van der Waals surface area (Å²) in [5.41, 5.74) is 3.81. The van der Waals surface area contributed by atoms with Crippen LogP contribution >= 0.6 is 0 Å². The molecule has 4 aliphatic rings. The Morgan fingerprint density at radius 1 is 0.363 bits per heavy atom. The fourth-order valence-electron chi connectivity index (χ4n) is 16.6. The summed E-state index contributed by atoms with van der Waals surface area (Å²) in [5, 5.41) is 1.85. The molecular formula is C102H100N8O14. The van der Waals surface area contributed by atoms with Crippen molar-refractivity contribution in [3.8, 4) is 57.5 Å². The molecule has 17 rings (SSSR count). The fourth-order valence-corrected chi connectivity index (χ4v) is 16.6. The maximum atomic E-state index is 17.2. The van der Waals surface area contributed by atoms with Gasteiger partial charge in [0, 0.05) is 117 Å². The lowest BCUT2D eigenvalue weighted by molar-refractivity contribution is -0.123. The number of aromatic nitrogens is 4. The third kappa shape index (κ3) is 16.3. The summed E-state index contributed by atoms with van der Waals surface area (Å²) in [6.07, 6.45) is 8.96. The van der Waals surface area contributed by atoms with Crippen molar-refractivity contribution in [2.24, 2.45) is 0 Å². The first-order valence-corrected chi connectivity index (χ1v) is 42.2. The van der Waals surface area contributed by atoms with Crippen molar-refractivity contribution in [1.29, 1.82) is 0 Å². The van der Waals surface area contributed by atoms with Gasteiger partial charge in [-0.3, -0.25) is 58.3 Å². The van der Waals surface area contributed by atoms with Crippen LogP contribution in [0.15, 0.2) is 207 Å². The zero-order chi connectivity index (χ0) is 87.3. The SMILES string of the molecule is CC(C)N(C(=O)C(Cc1ccncc1)N1C(=O)c2cc(Oc3ccc(C(C)(C)C)cc3)c3c4c(Oc5ccc(C(C)(C)C)cc5)cc5c6c(cc(Oc7ccc(C(C)(C)C)cc7)c(c7c(Oc8ccc(C(C)(C)C)cc8)cc(c2c37)C1=O)c64)C(=O)N(C(Cc1ccncc1)C(=O)N(c1cc(OCC2CO2)ccn1)C(C)C)C5=O)c1cc(OCC2CO2)ccn1. The molecule has 4 aliphatic heterocycles. The smallest absolute Gasteiger partial charge is 0.262 e. The zero-order valence-corrected chi connectivity index (χ0v) is 72.6. The van der Waals surface area contributed by atoms with Crippen LogP contribution in [0.2, 0.25) is 0 Å². The van der Waals surface area contributed by atoms with Gasteiger partial charge in [0.1, 0.15) is 107 Å². The lowest BCUT2D eigenvalue weighted by Gasteiger charge is -2.38. The Labute approximate surface area is 720 Å². The Kier molecular flexibility index (Phi) is 21.6. The highest BCUT2D eigenvalue weighted by molar-refractivity contribution is 6.45. The number of hydrogen-bond acceptors (Lipinski definition) is 18. The minimum absolute atomic E-state index is 0.0328. The monoisotopic (exact) mass is 1660 g/mol. The Morgan fingerprint density at radius 2 is 0.629 bits per heavy atom. The average molecular weight is 1660 g/mol. The van der Waals surface area contributed by atoms with E-state index in [9.17, 15) is 0 Å². The van der Waals surface area contributed by atoms with Crippen LogP contribution in [0.5, 0.6) is 57.5 Å². The molecule has 2 saturated heterocycles. The number of imide groups is 2. The van der Waals surface area contributed by atoms with E-state index in [1.807, 2.05) is 125 Å². The number of anilines is 2. The van der Waals surface area contributed by atoms with Gasteiger partial charge >= 0.3 is 0 Å². The van der Waals surface area contributed by atoms with Gasteiger partial charge in [0.15, 0.2) is 0 Å². The second-order valence-corrected chi connectivity index (χ2v) is 37.1. The van der Waals surface area contributed by atoms with Crippen LogP contribution < -0.4 is 38.2 Å². The van der Waals surface area contributed by atoms with Crippen LogP contribution in [0.3, 0.4) is 0 Å². The molecule has 22 heteroatoms. The van der Waals surface area contributed by atoms with Gasteiger partial charge in [0.25, 0.3) is 35.4 Å². The third-order valence-corrected chi connectivity index (χ3v) is 23.4. The molecule has 4 aromatic heterocycles. The molecule has 22 nitrogen and oxygen atoms in total. The molecule has 9 aromatic carbocycles. The van der Waals surface area contributed by atoms with Gasteiger partial charge in [-0.2, -0.15) is 0 Å². The molecule has 8 heterocycles. The highest BCUT2D eigenvalue weighted by Crippen LogP contribution is 2.59. The third-order valence-electron chi connectivity index (χ3n) is 23.4. The summed E-state index contributed by atoms with van der Waals surface area (Å²) in [6, 6.07) is 46.4. The van der Waals surface area contributed by atoms with Crippen LogP contribution in [0.4, 0.5) is 11.6 Å². The number of fused-ring (bicyclic) bond motifs is 2. The minimum Gasteiger partial charge on any atom is -0.491 e. The number of hydrogen-bond donors (Lipinski definition) is 0. The highest BCUT2D eigenvalue weighted by Gasteiger charge is 2.49. The van der Waals surface area contributed by atoms with E-state index in [1.165, 1.54) is 9.80 Å². The quantitative estimate of drug-likeness (QED) is 0.0211. The summed E-state index contributed by atoms with van der Waals surface area (Å²) in [6.45, 7) is 34.3. The summed E-state index contributed by atoms with van der Waals surface area (Å²) < 4.78 is 53.4. The van der Waals surface area contributed by atoms with Gasteiger partial charge < -0.3 is 37.9 Å². The Bertz CT molecular complexity index is 5710. The molecule has 0 radical (unpaired) electrons. The van der Waals surface area contributed by atoms with Gasteiger partial charge in [0.05, 0.1) is 35.5 Å². The number of carbonyl (C=O) groups excluding carboxylic acids is 6. The van der Waals surface area contributed by atoms with E-state index in [2.05, 4.69) is 93.1 Å². The maximum absolute atomic E-state index is 17.2. The number of epoxide rings is 2. The van der Waals surface area contributed by atoms with E-state index >= 15 is 28.8 Å². The van der Waals surface area contributed by atoms with Gasteiger partial charge in [-0.05, 0) is 192 Å². The van der Waals surface area contributed by atoms with Crippen LogP contribution in [0.25, 0.3) is 43.1 Å². The molecule has 0 saturated carbocycles. The molecule has 632 valence electrons. The molecule has 2 fully saturated rings. The summed E-state index contributed by atoms with van der Waals surface area (Å²) >= 11 is 0. The Balaban J connectivity index is 0.988. The molecule has 124 heavy (non-hydrogen) atoms. The van der Waals surface area contributed by atoms with Gasteiger partial charge in [-0.1, -0.05) is 132 Å². The van der Waals surface area contributed by atoms with Gasteiger partial charge in [0.2, 0.25) is 0 Å². The average Bonchev–Trinajstić information content (AvgIpc) is 0.979. The first-order chi connectivity index (χ1) is 59.1. The summed E-state index contributed by atoms with van der Waals surface area (Å²) in [4.78, 5) is 125. The number of ether oxygens (including phenoxy) is 8. The molecule has 0 aliphatic carbocycles.